The second kappa shape index (κ2) is 6.87. The number of alkyl halides is 3. The zero-order valence-corrected chi connectivity index (χ0v) is 13.5. The Morgan fingerprint density at radius 2 is 1.92 bits per heavy atom. The number of nitrogens with zero attached hydrogens (tertiary/aromatic N) is 3. The molecule has 2 atom stereocenters. The van der Waals surface area contributed by atoms with Gasteiger partial charge < -0.3 is 10.6 Å². The Labute approximate surface area is 143 Å². The SMILES string of the molecule is NC[C@@H]1CN(C(=O)Cn2ccc(C(F)(F)F)n2)C[C@H]1c1ccccc1. The van der Waals surface area contributed by atoms with E-state index in [1.807, 2.05) is 30.3 Å². The molecule has 1 aliphatic rings. The van der Waals surface area contributed by atoms with E-state index in [1.54, 1.807) is 4.90 Å². The van der Waals surface area contributed by atoms with E-state index in [0.29, 0.717) is 19.6 Å². The fraction of sp³-hybridized carbons (Fsp3) is 0.412. The fourth-order valence-electron chi connectivity index (χ4n) is 3.23. The molecule has 8 heteroatoms. The summed E-state index contributed by atoms with van der Waals surface area (Å²) >= 11 is 0. The van der Waals surface area contributed by atoms with Gasteiger partial charge in [-0.1, -0.05) is 30.3 Å². The molecule has 2 aromatic rings. The van der Waals surface area contributed by atoms with Crippen LogP contribution in [0.4, 0.5) is 13.2 Å². The number of nitrogens with two attached hydrogens (primary N) is 1. The Hall–Kier alpha value is -2.35. The predicted octanol–water partition coefficient (Wildman–Crippen LogP) is 2.10. The first-order valence-electron chi connectivity index (χ1n) is 8.02. The number of hydrogen-bond donors (Lipinski definition) is 1. The van der Waals surface area contributed by atoms with Gasteiger partial charge in [-0.05, 0) is 24.1 Å². The molecule has 0 unspecified atom stereocenters. The van der Waals surface area contributed by atoms with Crippen LogP contribution in [0.3, 0.4) is 0 Å². The van der Waals surface area contributed by atoms with Crippen molar-refractivity contribution in [2.45, 2.75) is 18.6 Å². The molecular formula is C17H19F3N4O. The van der Waals surface area contributed by atoms with Crippen LogP contribution in [0.5, 0.6) is 0 Å². The number of likely N-dealkylation sites (tertiary alicyclic amines) is 1. The molecule has 0 radical (unpaired) electrons. The summed E-state index contributed by atoms with van der Waals surface area (Å²) in [7, 11) is 0. The molecule has 1 saturated heterocycles. The summed E-state index contributed by atoms with van der Waals surface area (Å²) in [4.78, 5) is 14.1. The third kappa shape index (κ3) is 3.84. The van der Waals surface area contributed by atoms with Gasteiger partial charge in [0, 0.05) is 25.2 Å². The molecule has 5 nitrogen and oxygen atoms in total. The van der Waals surface area contributed by atoms with E-state index in [-0.39, 0.29) is 24.3 Å². The van der Waals surface area contributed by atoms with Crippen LogP contribution in [-0.4, -0.2) is 40.2 Å². The van der Waals surface area contributed by atoms with Crippen molar-refractivity contribution in [1.29, 1.82) is 0 Å². The lowest BCUT2D eigenvalue weighted by atomic mass is 9.89. The third-order valence-electron chi connectivity index (χ3n) is 4.55. The standard InChI is InChI=1S/C17H19F3N4O/c18-17(19,20)15-6-7-24(22-15)11-16(25)23-9-13(8-21)14(10-23)12-4-2-1-3-5-12/h1-7,13-14H,8-11,21H2/t13-,14+/m1/s1. The lowest BCUT2D eigenvalue weighted by molar-refractivity contribution is -0.142. The van der Waals surface area contributed by atoms with Crippen LogP contribution in [0.25, 0.3) is 0 Å². The van der Waals surface area contributed by atoms with Crippen molar-refractivity contribution in [1.82, 2.24) is 14.7 Å². The van der Waals surface area contributed by atoms with E-state index in [2.05, 4.69) is 5.10 Å². The van der Waals surface area contributed by atoms with Gasteiger partial charge in [-0.15, -0.1) is 0 Å². The van der Waals surface area contributed by atoms with E-state index in [4.69, 9.17) is 5.73 Å². The van der Waals surface area contributed by atoms with E-state index in [1.165, 1.54) is 6.20 Å². The van der Waals surface area contributed by atoms with Gasteiger partial charge in [-0.25, -0.2) is 0 Å². The van der Waals surface area contributed by atoms with Gasteiger partial charge in [0.1, 0.15) is 6.54 Å². The van der Waals surface area contributed by atoms with Gasteiger partial charge in [-0.2, -0.15) is 18.3 Å². The first kappa shape index (κ1) is 17.5. The van der Waals surface area contributed by atoms with Crippen LogP contribution in [0.15, 0.2) is 42.6 Å². The number of carbonyl (C=O) groups excluding carboxylic acids is 1. The van der Waals surface area contributed by atoms with Gasteiger partial charge in [0.05, 0.1) is 0 Å². The number of benzene rings is 1. The Balaban J connectivity index is 1.68. The van der Waals surface area contributed by atoms with E-state index >= 15 is 0 Å². The van der Waals surface area contributed by atoms with Gasteiger partial charge in [0.15, 0.2) is 5.69 Å². The molecule has 0 spiro atoms. The number of halogens is 3. The molecule has 1 aromatic heterocycles. The lowest BCUT2D eigenvalue weighted by Gasteiger charge is -2.17. The van der Waals surface area contributed by atoms with Crippen molar-refractivity contribution in [3.63, 3.8) is 0 Å². The number of hydrogen-bond acceptors (Lipinski definition) is 3. The third-order valence-corrected chi connectivity index (χ3v) is 4.55. The summed E-state index contributed by atoms with van der Waals surface area (Å²) in [6.07, 6.45) is -3.34. The van der Waals surface area contributed by atoms with Crippen LogP contribution >= 0.6 is 0 Å². The second-order valence-electron chi connectivity index (χ2n) is 6.21. The molecule has 3 rings (SSSR count). The largest absolute Gasteiger partial charge is 0.435 e. The number of amides is 1. The average molecular weight is 352 g/mol. The summed E-state index contributed by atoms with van der Waals surface area (Å²) in [6, 6.07) is 10.7. The van der Waals surface area contributed by atoms with Crippen molar-refractivity contribution in [3.8, 4) is 0 Å². The van der Waals surface area contributed by atoms with Crippen molar-refractivity contribution >= 4 is 5.91 Å². The minimum absolute atomic E-state index is 0.134. The van der Waals surface area contributed by atoms with Crippen LogP contribution < -0.4 is 5.73 Å². The highest BCUT2D eigenvalue weighted by molar-refractivity contribution is 5.76. The van der Waals surface area contributed by atoms with Gasteiger partial charge in [-0.3, -0.25) is 9.48 Å². The van der Waals surface area contributed by atoms with Crippen LogP contribution in [0.1, 0.15) is 17.2 Å². The van der Waals surface area contributed by atoms with Crippen LogP contribution in [0, 0.1) is 5.92 Å². The fourth-order valence-corrected chi connectivity index (χ4v) is 3.23. The Kier molecular flexibility index (Phi) is 4.80. The monoisotopic (exact) mass is 352 g/mol. The highest BCUT2D eigenvalue weighted by Crippen LogP contribution is 2.32. The Morgan fingerprint density at radius 3 is 2.52 bits per heavy atom. The summed E-state index contributed by atoms with van der Waals surface area (Å²) in [6.45, 7) is 1.25. The van der Waals surface area contributed by atoms with Gasteiger partial charge >= 0.3 is 6.18 Å². The summed E-state index contributed by atoms with van der Waals surface area (Å²) in [5.41, 5.74) is 5.97. The number of rotatable bonds is 4. The molecule has 0 saturated carbocycles. The molecular weight excluding hydrogens is 333 g/mol. The molecule has 0 aliphatic carbocycles. The van der Waals surface area contributed by atoms with E-state index < -0.39 is 11.9 Å². The highest BCUT2D eigenvalue weighted by atomic mass is 19.4. The zero-order chi connectivity index (χ0) is 18.0. The Morgan fingerprint density at radius 1 is 1.20 bits per heavy atom. The highest BCUT2D eigenvalue weighted by Gasteiger charge is 2.36. The van der Waals surface area contributed by atoms with E-state index in [0.717, 1.165) is 16.3 Å². The molecule has 1 aliphatic heterocycles. The second-order valence-corrected chi connectivity index (χ2v) is 6.21. The molecule has 2 N–H and O–H groups in total. The van der Waals surface area contributed by atoms with Crippen molar-refractivity contribution in [3.05, 3.63) is 53.9 Å². The molecule has 134 valence electrons. The summed E-state index contributed by atoms with van der Waals surface area (Å²) < 4.78 is 38.8. The molecule has 1 amide bonds. The smallest absolute Gasteiger partial charge is 0.340 e. The molecule has 1 aromatic carbocycles. The van der Waals surface area contributed by atoms with Crippen molar-refractivity contribution < 1.29 is 18.0 Å². The maximum absolute atomic E-state index is 12.6. The van der Waals surface area contributed by atoms with Crippen molar-refractivity contribution in [2.24, 2.45) is 11.7 Å². The minimum Gasteiger partial charge on any atom is -0.340 e. The first-order chi connectivity index (χ1) is 11.9. The van der Waals surface area contributed by atoms with Gasteiger partial charge in [0.2, 0.25) is 5.91 Å². The number of carbonyl (C=O) groups is 1. The normalized spacial score (nSPS) is 20.9. The maximum atomic E-state index is 12.6. The van der Waals surface area contributed by atoms with Crippen LogP contribution in [0.2, 0.25) is 0 Å². The van der Waals surface area contributed by atoms with Crippen LogP contribution in [-0.2, 0) is 17.5 Å². The minimum atomic E-state index is -4.51. The summed E-state index contributed by atoms with van der Waals surface area (Å²) in [5.74, 6) is 0.0157. The molecule has 25 heavy (non-hydrogen) atoms. The summed E-state index contributed by atoms with van der Waals surface area (Å²) in [5, 5.41) is 3.43. The first-order valence-corrected chi connectivity index (χ1v) is 8.02. The average Bonchev–Trinajstić information content (AvgIpc) is 3.22. The van der Waals surface area contributed by atoms with Gasteiger partial charge in [0.25, 0.3) is 0 Å². The topological polar surface area (TPSA) is 64.2 Å². The number of aromatic nitrogens is 2. The molecule has 1 fully saturated rings. The predicted molar refractivity (Wildman–Crippen MR) is 85.5 cm³/mol. The van der Waals surface area contributed by atoms with Crippen molar-refractivity contribution in [2.75, 3.05) is 19.6 Å². The molecule has 0 bridgehead atoms. The van der Waals surface area contributed by atoms with E-state index in [9.17, 15) is 18.0 Å². The maximum Gasteiger partial charge on any atom is 0.435 e. The Bertz CT molecular complexity index is 729. The molecule has 2 heterocycles. The lowest BCUT2D eigenvalue weighted by Crippen LogP contribution is -2.33. The quantitative estimate of drug-likeness (QED) is 0.917. The zero-order valence-electron chi connectivity index (χ0n) is 13.5.